The second-order valence-electron chi connectivity index (χ2n) is 4.54. The molecule has 0 bridgehead atoms. The molecule has 0 saturated carbocycles. The fourth-order valence-corrected chi connectivity index (χ4v) is 2.37. The minimum absolute atomic E-state index is 0.0639. The minimum Gasteiger partial charge on any atom is -0.310 e. The van der Waals surface area contributed by atoms with E-state index in [0.717, 1.165) is 24.4 Å². The summed E-state index contributed by atoms with van der Waals surface area (Å²) in [7, 11) is 0. The lowest BCUT2D eigenvalue weighted by Gasteiger charge is -2.08. The molecule has 0 amide bonds. The highest BCUT2D eigenvalue weighted by Gasteiger charge is 2.11. The van der Waals surface area contributed by atoms with E-state index in [1.165, 1.54) is 18.5 Å². The molecule has 0 radical (unpaired) electrons. The lowest BCUT2D eigenvalue weighted by atomic mass is 10.2. The molecule has 8 heteroatoms. The van der Waals surface area contributed by atoms with Crippen molar-refractivity contribution < 1.29 is 4.92 Å². The average molecular weight is 354 g/mol. The van der Waals surface area contributed by atoms with Crippen molar-refractivity contribution in [2.45, 2.75) is 26.4 Å². The molecule has 1 N–H and O–H groups in total. The van der Waals surface area contributed by atoms with Gasteiger partial charge in [-0.05, 0) is 24.6 Å². The molecule has 7 nitrogen and oxygen atoms in total. The van der Waals surface area contributed by atoms with Gasteiger partial charge in [0.1, 0.15) is 12.2 Å². The summed E-state index contributed by atoms with van der Waals surface area (Å²) in [6.07, 6.45) is 2.57. The maximum atomic E-state index is 10.7. The Kier molecular flexibility index (Phi) is 5.40. The lowest BCUT2D eigenvalue weighted by Crippen LogP contribution is -2.18. The van der Waals surface area contributed by atoms with Crippen LogP contribution in [-0.2, 0) is 13.1 Å². The van der Waals surface area contributed by atoms with E-state index in [9.17, 15) is 10.1 Å². The van der Waals surface area contributed by atoms with Crippen molar-refractivity contribution in [1.29, 1.82) is 0 Å². The fraction of sp³-hybridized carbons (Fsp3) is 0.385. The molecule has 0 aliphatic rings. The first kappa shape index (κ1) is 15.6. The van der Waals surface area contributed by atoms with Crippen molar-refractivity contribution in [2.24, 2.45) is 0 Å². The molecule has 0 spiro atoms. The SMILES string of the molecule is CCCNCc1ncnn1Cc1ccc([N+](=O)[O-])cc1Br. The zero-order valence-corrected chi connectivity index (χ0v) is 13.2. The number of nitrogens with one attached hydrogen (secondary N) is 1. The van der Waals surface area contributed by atoms with Gasteiger partial charge in [0.2, 0.25) is 0 Å². The first-order chi connectivity index (χ1) is 10.1. The van der Waals surface area contributed by atoms with Gasteiger partial charge < -0.3 is 5.32 Å². The number of hydrogen-bond acceptors (Lipinski definition) is 5. The van der Waals surface area contributed by atoms with Crippen molar-refractivity contribution in [3.05, 3.63) is 50.5 Å². The van der Waals surface area contributed by atoms with E-state index >= 15 is 0 Å². The quantitative estimate of drug-likeness (QED) is 0.469. The highest BCUT2D eigenvalue weighted by Crippen LogP contribution is 2.23. The molecule has 0 atom stereocenters. The molecule has 2 rings (SSSR count). The van der Waals surface area contributed by atoms with Crippen LogP contribution in [0.4, 0.5) is 5.69 Å². The number of aromatic nitrogens is 3. The Bertz CT molecular complexity index is 629. The van der Waals surface area contributed by atoms with Crippen molar-refractivity contribution in [3.63, 3.8) is 0 Å². The maximum Gasteiger partial charge on any atom is 0.270 e. The topological polar surface area (TPSA) is 85.9 Å². The molecule has 112 valence electrons. The predicted molar refractivity (Wildman–Crippen MR) is 81.9 cm³/mol. The molecule has 21 heavy (non-hydrogen) atoms. The Morgan fingerprint density at radius 3 is 2.95 bits per heavy atom. The van der Waals surface area contributed by atoms with Crippen LogP contribution in [0.15, 0.2) is 29.0 Å². The third kappa shape index (κ3) is 4.08. The van der Waals surface area contributed by atoms with E-state index in [0.29, 0.717) is 17.6 Å². The van der Waals surface area contributed by atoms with Crippen LogP contribution in [0, 0.1) is 10.1 Å². The normalized spacial score (nSPS) is 10.8. The number of nitro groups is 1. The van der Waals surface area contributed by atoms with E-state index in [-0.39, 0.29) is 5.69 Å². The molecule has 0 saturated heterocycles. The first-order valence-corrected chi connectivity index (χ1v) is 7.41. The zero-order chi connectivity index (χ0) is 15.2. The summed E-state index contributed by atoms with van der Waals surface area (Å²) in [5, 5.41) is 18.2. The van der Waals surface area contributed by atoms with Crippen molar-refractivity contribution in [1.82, 2.24) is 20.1 Å². The molecule has 1 aromatic heterocycles. The fourth-order valence-electron chi connectivity index (χ4n) is 1.87. The van der Waals surface area contributed by atoms with Crippen molar-refractivity contribution >= 4 is 21.6 Å². The molecule has 1 aromatic carbocycles. The van der Waals surface area contributed by atoms with Gasteiger partial charge in [-0.2, -0.15) is 5.10 Å². The van der Waals surface area contributed by atoms with E-state index in [4.69, 9.17) is 0 Å². The van der Waals surface area contributed by atoms with E-state index in [1.54, 1.807) is 10.7 Å². The number of hydrogen-bond donors (Lipinski definition) is 1. The highest BCUT2D eigenvalue weighted by atomic mass is 79.9. The van der Waals surface area contributed by atoms with Crippen molar-refractivity contribution in [2.75, 3.05) is 6.54 Å². The maximum absolute atomic E-state index is 10.7. The van der Waals surface area contributed by atoms with E-state index in [2.05, 4.69) is 38.3 Å². The second-order valence-corrected chi connectivity index (χ2v) is 5.40. The molecule has 0 aliphatic heterocycles. The van der Waals surface area contributed by atoms with Crippen LogP contribution in [0.3, 0.4) is 0 Å². The van der Waals surface area contributed by atoms with E-state index < -0.39 is 4.92 Å². The van der Waals surface area contributed by atoms with Gasteiger partial charge in [0, 0.05) is 16.6 Å². The summed E-state index contributed by atoms with van der Waals surface area (Å²) in [5.41, 5.74) is 0.983. The van der Waals surface area contributed by atoms with Gasteiger partial charge in [-0.25, -0.2) is 9.67 Å². The monoisotopic (exact) mass is 353 g/mol. The minimum atomic E-state index is -0.413. The van der Waals surface area contributed by atoms with Crippen LogP contribution in [0.2, 0.25) is 0 Å². The van der Waals surface area contributed by atoms with Crippen LogP contribution in [-0.4, -0.2) is 26.2 Å². The molecular weight excluding hydrogens is 338 g/mol. The number of nitrogens with zero attached hydrogens (tertiary/aromatic N) is 4. The second kappa shape index (κ2) is 7.28. The molecule has 1 heterocycles. The van der Waals surface area contributed by atoms with E-state index in [1.807, 2.05) is 0 Å². The Hall–Kier alpha value is -1.80. The molecular formula is C13H16BrN5O2. The van der Waals surface area contributed by atoms with Crippen LogP contribution in [0.5, 0.6) is 0 Å². The first-order valence-electron chi connectivity index (χ1n) is 6.62. The van der Waals surface area contributed by atoms with Gasteiger partial charge in [-0.15, -0.1) is 0 Å². The zero-order valence-electron chi connectivity index (χ0n) is 11.6. The lowest BCUT2D eigenvalue weighted by molar-refractivity contribution is -0.384. The molecule has 0 fully saturated rings. The number of halogens is 1. The van der Waals surface area contributed by atoms with Crippen LogP contribution < -0.4 is 5.32 Å². The smallest absolute Gasteiger partial charge is 0.270 e. The third-order valence-electron chi connectivity index (χ3n) is 2.97. The Morgan fingerprint density at radius 1 is 1.48 bits per heavy atom. The number of non-ortho nitro benzene ring substituents is 1. The van der Waals surface area contributed by atoms with Crippen LogP contribution in [0.1, 0.15) is 24.7 Å². The van der Waals surface area contributed by atoms with Gasteiger partial charge >= 0.3 is 0 Å². The molecule has 0 aliphatic carbocycles. The third-order valence-corrected chi connectivity index (χ3v) is 3.71. The van der Waals surface area contributed by atoms with Crippen LogP contribution in [0.25, 0.3) is 0 Å². The predicted octanol–water partition coefficient (Wildman–Crippen LogP) is 2.50. The standard InChI is InChI=1S/C13H16BrN5O2/c1-2-5-15-7-13-16-9-17-18(13)8-10-3-4-11(19(20)21)6-12(10)14/h3-4,6,9,15H,2,5,7-8H2,1H3. The van der Waals surface area contributed by atoms with Gasteiger partial charge in [0.05, 0.1) is 18.0 Å². The summed E-state index contributed by atoms with van der Waals surface area (Å²) in [5.74, 6) is 0.841. The summed E-state index contributed by atoms with van der Waals surface area (Å²) in [6.45, 7) is 4.19. The van der Waals surface area contributed by atoms with Crippen molar-refractivity contribution in [3.8, 4) is 0 Å². The molecule has 2 aromatic rings. The number of rotatable bonds is 7. The van der Waals surface area contributed by atoms with Crippen LogP contribution >= 0.6 is 15.9 Å². The summed E-state index contributed by atoms with van der Waals surface area (Å²) in [6, 6.07) is 4.72. The highest BCUT2D eigenvalue weighted by molar-refractivity contribution is 9.10. The Balaban J connectivity index is 2.11. The number of nitro benzene ring substituents is 1. The summed E-state index contributed by atoms with van der Waals surface area (Å²) < 4.78 is 2.48. The van der Waals surface area contributed by atoms with Gasteiger partial charge in [-0.1, -0.05) is 22.9 Å². The van der Waals surface area contributed by atoms with Gasteiger partial charge in [-0.3, -0.25) is 10.1 Å². The Labute approximate surface area is 130 Å². The summed E-state index contributed by atoms with van der Waals surface area (Å²) in [4.78, 5) is 14.5. The molecule has 0 unspecified atom stereocenters. The largest absolute Gasteiger partial charge is 0.310 e. The average Bonchev–Trinajstić information content (AvgIpc) is 2.88. The number of benzene rings is 1. The Morgan fingerprint density at radius 2 is 2.29 bits per heavy atom. The van der Waals surface area contributed by atoms with Gasteiger partial charge in [0.15, 0.2) is 0 Å². The van der Waals surface area contributed by atoms with Gasteiger partial charge in [0.25, 0.3) is 5.69 Å². The summed E-state index contributed by atoms with van der Waals surface area (Å²) >= 11 is 3.37.